The summed E-state index contributed by atoms with van der Waals surface area (Å²) in [6.07, 6.45) is 1.11. The van der Waals surface area contributed by atoms with Gasteiger partial charge in [-0.3, -0.25) is 4.79 Å². The summed E-state index contributed by atoms with van der Waals surface area (Å²) in [7, 11) is 0. The van der Waals surface area contributed by atoms with Crippen LogP contribution in [0, 0.1) is 11.7 Å². The standard InChI is InChI=1S/C12H18FN3O/c1-8(2)6-15-12(17)9(3)16-11-5-4-10(13)7-14-11/h4-5,7-9H,6H2,1-3H3,(H,14,16)(H,15,17). The lowest BCUT2D eigenvalue weighted by Crippen LogP contribution is -2.39. The van der Waals surface area contributed by atoms with Crippen molar-refractivity contribution in [3.63, 3.8) is 0 Å². The van der Waals surface area contributed by atoms with Crippen LogP contribution in [-0.4, -0.2) is 23.5 Å². The van der Waals surface area contributed by atoms with Crippen molar-refractivity contribution in [1.29, 1.82) is 0 Å². The lowest BCUT2D eigenvalue weighted by Gasteiger charge is -2.15. The molecular formula is C12H18FN3O. The summed E-state index contributed by atoms with van der Waals surface area (Å²) in [5.41, 5.74) is 0. The Hall–Kier alpha value is -1.65. The third kappa shape index (κ3) is 4.80. The Balaban J connectivity index is 2.45. The summed E-state index contributed by atoms with van der Waals surface area (Å²) in [4.78, 5) is 15.5. The highest BCUT2D eigenvalue weighted by atomic mass is 19.1. The number of nitrogens with one attached hydrogen (secondary N) is 2. The molecule has 94 valence electrons. The molecule has 0 saturated carbocycles. The van der Waals surface area contributed by atoms with Gasteiger partial charge in [-0.15, -0.1) is 0 Å². The fraction of sp³-hybridized carbons (Fsp3) is 0.500. The number of hydrogen-bond acceptors (Lipinski definition) is 3. The largest absolute Gasteiger partial charge is 0.359 e. The minimum atomic E-state index is -0.397. The zero-order valence-corrected chi connectivity index (χ0v) is 10.3. The third-order valence-corrected chi connectivity index (χ3v) is 2.17. The molecule has 1 aromatic heterocycles. The molecule has 1 unspecified atom stereocenters. The Morgan fingerprint density at radius 1 is 1.41 bits per heavy atom. The van der Waals surface area contributed by atoms with Crippen LogP contribution in [0.4, 0.5) is 10.2 Å². The van der Waals surface area contributed by atoms with E-state index in [0.29, 0.717) is 18.3 Å². The Morgan fingerprint density at radius 3 is 2.65 bits per heavy atom. The zero-order valence-electron chi connectivity index (χ0n) is 10.3. The number of carbonyl (C=O) groups excluding carboxylic acids is 1. The van der Waals surface area contributed by atoms with Crippen molar-refractivity contribution in [1.82, 2.24) is 10.3 Å². The predicted molar refractivity (Wildman–Crippen MR) is 65.1 cm³/mol. The maximum atomic E-state index is 12.6. The molecule has 0 saturated heterocycles. The summed E-state index contributed by atoms with van der Waals surface area (Å²) < 4.78 is 12.6. The van der Waals surface area contributed by atoms with Crippen molar-refractivity contribution in [2.45, 2.75) is 26.8 Å². The highest BCUT2D eigenvalue weighted by Crippen LogP contribution is 2.05. The van der Waals surface area contributed by atoms with Crippen LogP contribution in [0.5, 0.6) is 0 Å². The van der Waals surface area contributed by atoms with E-state index in [-0.39, 0.29) is 5.91 Å². The van der Waals surface area contributed by atoms with Crippen LogP contribution < -0.4 is 10.6 Å². The molecule has 0 fully saturated rings. The number of nitrogens with zero attached hydrogens (tertiary/aromatic N) is 1. The van der Waals surface area contributed by atoms with E-state index in [1.54, 1.807) is 6.92 Å². The normalized spacial score (nSPS) is 12.3. The Bertz CT molecular complexity index is 365. The fourth-order valence-corrected chi connectivity index (χ4v) is 1.21. The lowest BCUT2D eigenvalue weighted by molar-refractivity contribution is -0.121. The topological polar surface area (TPSA) is 54.0 Å². The third-order valence-electron chi connectivity index (χ3n) is 2.17. The van der Waals surface area contributed by atoms with Gasteiger partial charge in [0.25, 0.3) is 0 Å². The molecule has 0 aliphatic carbocycles. The molecule has 0 bridgehead atoms. The number of pyridine rings is 1. The zero-order chi connectivity index (χ0) is 12.8. The van der Waals surface area contributed by atoms with E-state index >= 15 is 0 Å². The molecule has 17 heavy (non-hydrogen) atoms. The minimum absolute atomic E-state index is 0.0928. The fourth-order valence-electron chi connectivity index (χ4n) is 1.21. The maximum Gasteiger partial charge on any atom is 0.242 e. The number of aromatic nitrogens is 1. The number of halogens is 1. The second kappa shape index (κ2) is 6.18. The summed E-state index contributed by atoms with van der Waals surface area (Å²) in [6.45, 7) is 6.43. The van der Waals surface area contributed by atoms with E-state index in [0.717, 1.165) is 6.20 Å². The summed E-state index contributed by atoms with van der Waals surface area (Å²) in [5, 5.41) is 5.71. The SMILES string of the molecule is CC(C)CNC(=O)C(C)Nc1ccc(F)cn1. The molecule has 1 rings (SSSR count). The Morgan fingerprint density at radius 2 is 2.12 bits per heavy atom. The van der Waals surface area contributed by atoms with Crippen LogP contribution in [0.2, 0.25) is 0 Å². The molecule has 0 spiro atoms. The first-order valence-corrected chi connectivity index (χ1v) is 5.65. The van der Waals surface area contributed by atoms with Gasteiger partial charge in [0.2, 0.25) is 5.91 Å². The quantitative estimate of drug-likeness (QED) is 0.823. The van der Waals surface area contributed by atoms with E-state index in [9.17, 15) is 9.18 Å². The van der Waals surface area contributed by atoms with Gasteiger partial charge in [-0.1, -0.05) is 13.8 Å². The first-order valence-electron chi connectivity index (χ1n) is 5.65. The van der Waals surface area contributed by atoms with Crippen LogP contribution in [0.3, 0.4) is 0 Å². The molecule has 1 heterocycles. The number of amides is 1. The first-order chi connectivity index (χ1) is 7.99. The van der Waals surface area contributed by atoms with Crippen molar-refractivity contribution in [3.05, 3.63) is 24.1 Å². The van der Waals surface area contributed by atoms with E-state index in [4.69, 9.17) is 0 Å². The van der Waals surface area contributed by atoms with Gasteiger partial charge in [0.15, 0.2) is 0 Å². The van der Waals surface area contributed by atoms with Gasteiger partial charge < -0.3 is 10.6 Å². The number of anilines is 1. The predicted octanol–water partition coefficient (Wildman–Crippen LogP) is 1.79. The van der Waals surface area contributed by atoms with Crippen LogP contribution in [-0.2, 0) is 4.79 Å². The molecule has 5 heteroatoms. The number of hydrogen-bond donors (Lipinski definition) is 2. The summed E-state index contributed by atoms with van der Waals surface area (Å²) in [6, 6.07) is 2.40. The van der Waals surface area contributed by atoms with Crippen LogP contribution in [0.15, 0.2) is 18.3 Å². The van der Waals surface area contributed by atoms with Gasteiger partial charge in [0.1, 0.15) is 17.7 Å². The van der Waals surface area contributed by atoms with Gasteiger partial charge in [0, 0.05) is 6.54 Å². The monoisotopic (exact) mass is 239 g/mol. The van der Waals surface area contributed by atoms with Crippen LogP contribution in [0.25, 0.3) is 0 Å². The van der Waals surface area contributed by atoms with Crippen molar-refractivity contribution in [3.8, 4) is 0 Å². The highest BCUT2D eigenvalue weighted by Gasteiger charge is 2.12. The average Bonchev–Trinajstić information content (AvgIpc) is 2.28. The van der Waals surface area contributed by atoms with E-state index in [1.165, 1.54) is 12.1 Å². The molecule has 0 radical (unpaired) electrons. The Labute approximate surface area is 101 Å². The van der Waals surface area contributed by atoms with Crippen LogP contribution >= 0.6 is 0 Å². The van der Waals surface area contributed by atoms with Gasteiger partial charge >= 0.3 is 0 Å². The number of carbonyl (C=O) groups is 1. The molecule has 0 aliphatic rings. The van der Waals surface area contributed by atoms with Crippen LogP contribution in [0.1, 0.15) is 20.8 Å². The smallest absolute Gasteiger partial charge is 0.242 e. The average molecular weight is 239 g/mol. The maximum absolute atomic E-state index is 12.6. The van der Waals surface area contributed by atoms with E-state index < -0.39 is 11.9 Å². The molecule has 0 aliphatic heterocycles. The van der Waals surface area contributed by atoms with Gasteiger partial charge in [-0.25, -0.2) is 9.37 Å². The first kappa shape index (κ1) is 13.4. The van der Waals surface area contributed by atoms with Crippen molar-refractivity contribution in [2.75, 3.05) is 11.9 Å². The van der Waals surface area contributed by atoms with E-state index in [2.05, 4.69) is 15.6 Å². The molecule has 0 aromatic carbocycles. The highest BCUT2D eigenvalue weighted by molar-refractivity contribution is 5.83. The summed E-state index contributed by atoms with van der Waals surface area (Å²) in [5.74, 6) is 0.408. The summed E-state index contributed by atoms with van der Waals surface area (Å²) >= 11 is 0. The molecule has 4 nitrogen and oxygen atoms in total. The van der Waals surface area contributed by atoms with E-state index in [1.807, 2.05) is 13.8 Å². The molecule has 2 N–H and O–H groups in total. The second-order valence-corrected chi connectivity index (χ2v) is 4.37. The van der Waals surface area contributed by atoms with Crippen molar-refractivity contribution in [2.24, 2.45) is 5.92 Å². The van der Waals surface area contributed by atoms with Crippen molar-refractivity contribution >= 4 is 11.7 Å². The van der Waals surface area contributed by atoms with Gasteiger partial charge in [0.05, 0.1) is 6.20 Å². The number of rotatable bonds is 5. The lowest BCUT2D eigenvalue weighted by atomic mass is 10.2. The second-order valence-electron chi connectivity index (χ2n) is 4.37. The molecule has 1 atom stereocenters. The van der Waals surface area contributed by atoms with Gasteiger partial charge in [-0.2, -0.15) is 0 Å². The molecular weight excluding hydrogens is 221 g/mol. The Kier molecular flexibility index (Phi) is 4.87. The molecule has 1 aromatic rings. The van der Waals surface area contributed by atoms with Gasteiger partial charge in [-0.05, 0) is 25.0 Å². The molecule has 1 amide bonds. The van der Waals surface area contributed by atoms with Crippen molar-refractivity contribution < 1.29 is 9.18 Å². The minimum Gasteiger partial charge on any atom is -0.359 e.